The summed E-state index contributed by atoms with van der Waals surface area (Å²) < 4.78 is 10.6. The molecule has 6 atom stereocenters. The van der Waals surface area contributed by atoms with Gasteiger partial charge in [0.15, 0.2) is 0 Å². The lowest BCUT2D eigenvalue weighted by atomic mass is 9.80. The van der Waals surface area contributed by atoms with Crippen LogP contribution in [0.2, 0.25) is 0 Å². The van der Waals surface area contributed by atoms with Crippen LogP contribution in [0.5, 0.6) is 0 Å². The average Bonchev–Trinajstić information content (AvgIpc) is 3.37. The molecule has 1 aromatic rings. The molecule has 0 radical (unpaired) electrons. The highest BCUT2D eigenvalue weighted by molar-refractivity contribution is 6.37. The number of furan rings is 1. The summed E-state index contributed by atoms with van der Waals surface area (Å²) in [6.45, 7) is 15.0. The number of carbonyl (C=O) groups excluding carboxylic acids is 6. The molecule has 13 heteroatoms. The Labute approximate surface area is 276 Å². The van der Waals surface area contributed by atoms with Gasteiger partial charge < -0.3 is 35.7 Å². The maximum atomic E-state index is 14.3. The number of likely N-dealkylation sites (tertiary alicyclic amines) is 1. The van der Waals surface area contributed by atoms with Crippen LogP contribution in [0.25, 0.3) is 0 Å². The number of carbonyl (C=O) groups is 6. The van der Waals surface area contributed by atoms with Gasteiger partial charge in [-0.2, -0.15) is 0 Å². The monoisotopic (exact) mass is 657 g/mol. The maximum absolute atomic E-state index is 14.3. The van der Waals surface area contributed by atoms with Gasteiger partial charge in [0.2, 0.25) is 17.6 Å². The van der Waals surface area contributed by atoms with Gasteiger partial charge in [0, 0.05) is 6.54 Å². The maximum Gasteiger partial charge on any atom is 0.329 e. The summed E-state index contributed by atoms with van der Waals surface area (Å²) >= 11 is 0. The Bertz CT molecular complexity index is 1370. The first-order chi connectivity index (χ1) is 21.7. The fourth-order valence-corrected chi connectivity index (χ4v) is 6.90. The molecule has 1 saturated heterocycles. The summed E-state index contributed by atoms with van der Waals surface area (Å²) in [4.78, 5) is 80.7. The van der Waals surface area contributed by atoms with E-state index in [2.05, 4.69) is 16.0 Å². The van der Waals surface area contributed by atoms with Crippen molar-refractivity contribution >= 4 is 35.5 Å². The Morgan fingerprint density at radius 2 is 1.62 bits per heavy atom. The summed E-state index contributed by atoms with van der Waals surface area (Å²) in [5.74, 6) is -3.06. The van der Waals surface area contributed by atoms with Crippen molar-refractivity contribution in [1.82, 2.24) is 20.9 Å². The Hall–Kier alpha value is -3.90. The minimum atomic E-state index is -1.11. The lowest BCUT2D eigenvalue weighted by Gasteiger charge is -2.38. The van der Waals surface area contributed by atoms with Gasteiger partial charge in [-0.1, -0.05) is 74.7 Å². The summed E-state index contributed by atoms with van der Waals surface area (Å²) in [6, 6.07) is -1.49. The van der Waals surface area contributed by atoms with Crippen molar-refractivity contribution in [2.75, 3.05) is 6.54 Å². The van der Waals surface area contributed by atoms with E-state index in [4.69, 9.17) is 14.9 Å². The number of piperidine rings is 1. The molecule has 2 saturated carbocycles. The minimum absolute atomic E-state index is 0.0442. The normalized spacial score (nSPS) is 23.7. The molecule has 13 nitrogen and oxygen atoms in total. The van der Waals surface area contributed by atoms with Crippen LogP contribution in [0, 0.1) is 34.0 Å². The summed E-state index contributed by atoms with van der Waals surface area (Å²) in [6.07, 6.45) is 4.62. The second kappa shape index (κ2) is 13.3. The van der Waals surface area contributed by atoms with Crippen LogP contribution in [0.3, 0.4) is 0 Å². The zero-order valence-electron chi connectivity index (χ0n) is 28.8. The van der Waals surface area contributed by atoms with Crippen molar-refractivity contribution in [3.05, 3.63) is 24.2 Å². The summed E-state index contributed by atoms with van der Waals surface area (Å²) in [5.41, 5.74) is 3.59. The van der Waals surface area contributed by atoms with E-state index in [-0.39, 0.29) is 29.8 Å². The molecule has 4 rings (SSSR count). The van der Waals surface area contributed by atoms with Crippen LogP contribution in [0.15, 0.2) is 22.8 Å². The number of ketones is 1. The number of amides is 5. The first-order valence-corrected chi connectivity index (χ1v) is 16.4. The number of nitrogens with one attached hydrogen (secondary N) is 3. The van der Waals surface area contributed by atoms with Crippen molar-refractivity contribution < 1.29 is 37.9 Å². The highest BCUT2D eigenvalue weighted by atomic mass is 16.5. The highest BCUT2D eigenvalue weighted by Gasteiger charge is 2.70. The number of hydrogen-bond acceptors (Lipinski definition) is 8. The molecule has 1 aromatic heterocycles. The Kier molecular flexibility index (Phi) is 10.2. The molecule has 3 fully saturated rings. The quantitative estimate of drug-likeness (QED) is 0.195. The molecule has 0 aromatic carbocycles. The van der Waals surface area contributed by atoms with E-state index >= 15 is 0 Å². The third kappa shape index (κ3) is 7.98. The second-order valence-electron chi connectivity index (χ2n) is 16.1. The molecular formula is C34H51N5O8. The summed E-state index contributed by atoms with van der Waals surface area (Å²) in [5, 5.41) is 8.24. The van der Waals surface area contributed by atoms with Crippen molar-refractivity contribution in [3.63, 3.8) is 0 Å². The predicted octanol–water partition coefficient (Wildman–Crippen LogP) is 2.66. The first kappa shape index (κ1) is 35.9. The second-order valence-corrected chi connectivity index (χ2v) is 16.1. The standard InChI is InChI=1S/C34H51N5O8/c1-32(2,3)25(37-31(45)38-26(33(4,5)6)30(44)47-17-19-13-10-14-46-19)29(43)39-16-20-22(34(20,7)8)23(39)28(42)36-21(24(40)27(35)41)15-18-11-9-12-18/h10,13-14,18,20-23,25-26H,9,11-12,15-17H2,1-8H3,(H2,35,41)(H,36,42)(H2,37,38,45)/t20-,21?,22-,23-,25+,26+/m0/s1. The number of esters is 1. The molecule has 1 aliphatic heterocycles. The molecule has 2 aliphatic carbocycles. The molecule has 2 heterocycles. The molecular weight excluding hydrogens is 606 g/mol. The van der Waals surface area contributed by atoms with Gasteiger partial charge in [-0.25, -0.2) is 9.59 Å². The molecule has 3 aliphatic rings. The average molecular weight is 658 g/mol. The Morgan fingerprint density at radius 3 is 2.13 bits per heavy atom. The van der Waals surface area contributed by atoms with Crippen LogP contribution in [0.1, 0.15) is 86.8 Å². The largest absolute Gasteiger partial charge is 0.466 e. The zero-order valence-corrected chi connectivity index (χ0v) is 28.8. The number of primary amides is 1. The van der Waals surface area contributed by atoms with Gasteiger partial charge in [0.1, 0.15) is 30.5 Å². The molecule has 5 N–H and O–H groups in total. The van der Waals surface area contributed by atoms with Crippen LogP contribution in [0.4, 0.5) is 4.79 Å². The van der Waals surface area contributed by atoms with Gasteiger partial charge in [0.05, 0.1) is 12.3 Å². The van der Waals surface area contributed by atoms with Crippen molar-refractivity contribution in [2.24, 2.45) is 39.7 Å². The van der Waals surface area contributed by atoms with E-state index in [1.165, 1.54) is 11.2 Å². The smallest absolute Gasteiger partial charge is 0.329 e. The lowest BCUT2D eigenvalue weighted by Crippen LogP contribution is -2.62. The number of hydrogen-bond donors (Lipinski definition) is 4. The lowest BCUT2D eigenvalue weighted by molar-refractivity contribution is -0.150. The molecule has 1 unspecified atom stereocenters. The van der Waals surface area contributed by atoms with Crippen LogP contribution in [-0.4, -0.2) is 71.1 Å². The SMILES string of the molecule is CC(C)(C)[C@H](NC(=O)N[C@H](C(=O)N1C[C@H]2[C@@H]([C@H]1C(=O)NC(CC1CCC1)C(=O)C(N)=O)C2(C)C)C(C)(C)C)C(=O)OCc1ccco1. The van der Waals surface area contributed by atoms with Crippen LogP contribution >= 0.6 is 0 Å². The third-order valence-electron chi connectivity index (χ3n) is 10.1. The van der Waals surface area contributed by atoms with Crippen molar-refractivity contribution in [3.8, 4) is 0 Å². The minimum Gasteiger partial charge on any atom is -0.466 e. The number of fused-ring (bicyclic) bond motifs is 1. The molecule has 0 bridgehead atoms. The van der Waals surface area contributed by atoms with Crippen molar-refractivity contribution in [1.29, 1.82) is 0 Å². The van der Waals surface area contributed by atoms with E-state index in [9.17, 15) is 28.8 Å². The Morgan fingerprint density at radius 1 is 1.00 bits per heavy atom. The van der Waals surface area contributed by atoms with Crippen LogP contribution in [-0.2, 0) is 35.3 Å². The van der Waals surface area contributed by atoms with Gasteiger partial charge in [-0.3, -0.25) is 19.2 Å². The van der Waals surface area contributed by atoms with Gasteiger partial charge in [-0.05, 0) is 52.6 Å². The number of nitrogens with zero attached hydrogens (tertiary/aromatic N) is 1. The summed E-state index contributed by atoms with van der Waals surface area (Å²) in [7, 11) is 0. The predicted molar refractivity (Wildman–Crippen MR) is 171 cm³/mol. The van der Waals surface area contributed by atoms with Gasteiger partial charge in [-0.15, -0.1) is 0 Å². The fraction of sp³-hybridized carbons (Fsp3) is 0.706. The molecule has 260 valence electrons. The van der Waals surface area contributed by atoms with E-state index in [1.54, 1.807) is 53.7 Å². The number of rotatable bonds is 12. The number of nitrogens with two attached hydrogens (primary N) is 1. The van der Waals surface area contributed by atoms with E-state index in [0.717, 1.165) is 19.3 Å². The zero-order chi connectivity index (χ0) is 35.1. The van der Waals surface area contributed by atoms with E-state index in [1.807, 2.05) is 13.8 Å². The third-order valence-corrected chi connectivity index (χ3v) is 10.1. The highest BCUT2D eigenvalue weighted by Crippen LogP contribution is 2.65. The number of ether oxygens (including phenoxy) is 1. The van der Waals surface area contributed by atoms with Gasteiger partial charge >= 0.3 is 12.0 Å². The van der Waals surface area contributed by atoms with Crippen molar-refractivity contribution in [2.45, 2.75) is 112 Å². The number of urea groups is 1. The van der Waals surface area contributed by atoms with Crippen LogP contribution < -0.4 is 21.7 Å². The van der Waals surface area contributed by atoms with Gasteiger partial charge in [0.25, 0.3) is 5.91 Å². The van der Waals surface area contributed by atoms with E-state index in [0.29, 0.717) is 18.7 Å². The topological polar surface area (TPSA) is 190 Å². The molecule has 47 heavy (non-hydrogen) atoms. The first-order valence-electron chi connectivity index (χ1n) is 16.4. The molecule has 0 spiro atoms. The fourth-order valence-electron chi connectivity index (χ4n) is 6.90. The van der Waals surface area contributed by atoms with E-state index < -0.39 is 70.5 Å². The Balaban J connectivity index is 1.50. The number of Topliss-reactive ketones (excluding diaryl/α,β-unsaturated/α-hetero) is 1. The molecule has 5 amide bonds.